The Hall–Kier alpha value is -1.62. The third-order valence-electron chi connectivity index (χ3n) is 4.33. The van der Waals surface area contributed by atoms with E-state index in [4.69, 9.17) is 0 Å². The average Bonchev–Trinajstić information content (AvgIpc) is 2.81. The molecule has 1 aromatic rings. The van der Waals surface area contributed by atoms with Gasteiger partial charge >= 0.3 is 0 Å². The number of nitrogens with zero attached hydrogens (tertiary/aromatic N) is 2. The maximum Gasteiger partial charge on any atom is 0.269 e. The smallest absolute Gasteiger partial charge is 0.269 e. The molecule has 2 aliphatic rings. The molecule has 1 aromatic carbocycles. The first kappa shape index (κ1) is 12.4. The third kappa shape index (κ3) is 2.30. The third-order valence-corrected chi connectivity index (χ3v) is 4.33. The molecule has 2 fully saturated rings. The first-order chi connectivity index (χ1) is 9.15. The minimum atomic E-state index is -0.331. The molecule has 19 heavy (non-hydrogen) atoms. The van der Waals surface area contributed by atoms with Gasteiger partial charge in [0.2, 0.25) is 0 Å². The summed E-state index contributed by atoms with van der Waals surface area (Å²) in [5, 5.41) is 14.4. The number of nitro benzene ring substituents is 1. The zero-order valence-corrected chi connectivity index (χ0v) is 11.1. The summed E-state index contributed by atoms with van der Waals surface area (Å²) in [6.07, 6.45) is 2.55. The van der Waals surface area contributed by atoms with Gasteiger partial charge < -0.3 is 10.2 Å². The molecule has 3 rings (SSSR count). The number of aryl methyl sites for hydroxylation is 1. The van der Waals surface area contributed by atoms with Gasteiger partial charge in [0.1, 0.15) is 0 Å². The molecule has 0 saturated carbocycles. The first-order valence-electron chi connectivity index (χ1n) is 6.88. The van der Waals surface area contributed by atoms with Crippen molar-refractivity contribution in [3.63, 3.8) is 0 Å². The molecule has 2 heterocycles. The maximum atomic E-state index is 10.8. The molecule has 2 aliphatic heterocycles. The van der Waals surface area contributed by atoms with Gasteiger partial charge in [-0.15, -0.1) is 0 Å². The Bertz CT molecular complexity index is 489. The standard InChI is InChI=1S/C14H19N3O2/c1-10-7-12(17(18)19)4-5-14(10)16-8-11-3-2-6-15-13(11)9-16/h4-5,7,11,13,15H,2-3,6,8-9H2,1H3/t11-,13+/m0/s1. The molecule has 0 amide bonds. The molecule has 0 spiro atoms. The average molecular weight is 261 g/mol. The zero-order valence-electron chi connectivity index (χ0n) is 11.1. The van der Waals surface area contributed by atoms with Crippen molar-refractivity contribution in [2.45, 2.75) is 25.8 Å². The second kappa shape index (κ2) is 4.81. The Labute approximate surface area is 112 Å². The molecule has 1 N–H and O–H groups in total. The summed E-state index contributed by atoms with van der Waals surface area (Å²) in [6, 6.07) is 5.76. The van der Waals surface area contributed by atoms with E-state index >= 15 is 0 Å². The number of piperidine rings is 1. The molecular formula is C14H19N3O2. The van der Waals surface area contributed by atoms with Crippen LogP contribution in [-0.2, 0) is 0 Å². The fraction of sp³-hybridized carbons (Fsp3) is 0.571. The summed E-state index contributed by atoms with van der Waals surface area (Å²) in [7, 11) is 0. The minimum absolute atomic E-state index is 0.177. The van der Waals surface area contributed by atoms with Crippen molar-refractivity contribution in [2.75, 3.05) is 24.5 Å². The Morgan fingerprint density at radius 3 is 2.95 bits per heavy atom. The van der Waals surface area contributed by atoms with Crippen molar-refractivity contribution < 1.29 is 4.92 Å². The molecular weight excluding hydrogens is 242 g/mol. The van der Waals surface area contributed by atoms with Crippen LogP contribution >= 0.6 is 0 Å². The number of nitro groups is 1. The van der Waals surface area contributed by atoms with E-state index in [0.717, 1.165) is 36.8 Å². The van der Waals surface area contributed by atoms with Gasteiger partial charge in [0.05, 0.1) is 4.92 Å². The monoisotopic (exact) mass is 261 g/mol. The number of hydrogen-bond acceptors (Lipinski definition) is 4. The van der Waals surface area contributed by atoms with Gasteiger partial charge in [-0.2, -0.15) is 0 Å². The summed E-state index contributed by atoms with van der Waals surface area (Å²) in [4.78, 5) is 12.8. The van der Waals surface area contributed by atoms with Gasteiger partial charge in [0, 0.05) is 37.0 Å². The molecule has 2 saturated heterocycles. The summed E-state index contributed by atoms with van der Waals surface area (Å²) in [5.41, 5.74) is 2.31. The van der Waals surface area contributed by atoms with Crippen LogP contribution in [0.25, 0.3) is 0 Å². The van der Waals surface area contributed by atoms with Crippen molar-refractivity contribution in [2.24, 2.45) is 5.92 Å². The molecule has 2 atom stereocenters. The second-order valence-electron chi connectivity index (χ2n) is 5.60. The molecule has 102 valence electrons. The van der Waals surface area contributed by atoms with Crippen LogP contribution in [0, 0.1) is 23.0 Å². The lowest BCUT2D eigenvalue weighted by atomic mass is 9.94. The van der Waals surface area contributed by atoms with Crippen molar-refractivity contribution >= 4 is 11.4 Å². The highest BCUT2D eigenvalue weighted by Gasteiger charge is 2.34. The second-order valence-corrected chi connectivity index (χ2v) is 5.60. The van der Waals surface area contributed by atoms with Gasteiger partial charge in [-0.05, 0) is 43.9 Å². The molecule has 0 bridgehead atoms. The highest BCUT2D eigenvalue weighted by atomic mass is 16.6. The Kier molecular flexibility index (Phi) is 3.14. The van der Waals surface area contributed by atoms with Crippen LogP contribution in [0.3, 0.4) is 0 Å². The minimum Gasteiger partial charge on any atom is -0.369 e. The Morgan fingerprint density at radius 1 is 1.42 bits per heavy atom. The lowest BCUT2D eigenvalue weighted by molar-refractivity contribution is -0.384. The van der Waals surface area contributed by atoms with Crippen LogP contribution in [0.2, 0.25) is 0 Å². The van der Waals surface area contributed by atoms with Gasteiger partial charge in [-0.1, -0.05) is 0 Å². The largest absolute Gasteiger partial charge is 0.369 e. The van der Waals surface area contributed by atoms with Crippen LogP contribution < -0.4 is 10.2 Å². The van der Waals surface area contributed by atoms with E-state index < -0.39 is 0 Å². The highest BCUT2D eigenvalue weighted by Crippen LogP contribution is 2.32. The van der Waals surface area contributed by atoms with Crippen LogP contribution in [-0.4, -0.2) is 30.6 Å². The van der Waals surface area contributed by atoms with Gasteiger partial charge in [-0.25, -0.2) is 0 Å². The summed E-state index contributed by atoms with van der Waals surface area (Å²) in [5.74, 6) is 0.725. The van der Waals surface area contributed by atoms with Crippen LogP contribution in [0.4, 0.5) is 11.4 Å². The number of rotatable bonds is 2. The molecule has 0 unspecified atom stereocenters. The number of benzene rings is 1. The van der Waals surface area contributed by atoms with E-state index in [9.17, 15) is 10.1 Å². The van der Waals surface area contributed by atoms with E-state index in [1.165, 1.54) is 12.8 Å². The highest BCUT2D eigenvalue weighted by molar-refractivity contribution is 5.58. The molecule has 5 heteroatoms. The fourth-order valence-corrected chi connectivity index (χ4v) is 3.35. The summed E-state index contributed by atoms with van der Waals surface area (Å²) >= 11 is 0. The van der Waals surface area contributed by atoms with E-state index in [-0.39, 0.29) is 10.6 Å². The zero-order chi connectivity index (χ0) is 13.4. The normalized spacial score (nSPS) is 26.3. The SMILES string of the molecule is Cc1cc([N+](=O)[O-])ccc1N1C[C@@H]2CCCN[C@@H]2C1. The number of anilines is 1. The van der Waals surface area contributed by atoms with Crippen molar-refractivity contribution in [3.05, 3.63) is 33.9 Å². The number of nitrogens with one attached hydrogen (secondary N) is 1. The fourth-order valence-electron chi connectivity index (χ4n) is 3.35. The predicted octanol–water partition coefficient (Wildman–Crippen LogP) is 2.09. The molecule has 5 nitrogen and oxygen atoms in total. The quantitative estimate of drug-likeness (QED) is 0.654. The number of hydrogen-bond donors (Lipinski definition) is 1. The summed E-state index contributed by atoms with van der Waals surface area (Å²) in [6.45, 7) is 5.16. The Balaban J connectivity index is 1.81. The van der Waals surface area contributed by atoms with Crippen LogP contribution in [0.15, 0.2) is 18.2 Å². The van der Waals surface area contributed by atoms with Gasteiger partial charge in [0.15, 0.2) is 0 Å². The predicted molar refractivity (Wildman–Crippen MR) is 74.6 cm³/mol. The van der Waals surface area contributed by atoms with Crippen LogP contribution in [0.5, 0.6) is 0 Å². The number of fused-ring (bicyclic) bond motifs is 1. The van der Waals surface area contributed by atoms with Crippen molar-refractivity contribution in [3.8, 4) is 0 Å². The molecule has 0 radical (unpaired) electrons. The summed E-state index contributed by atoms with van der Waals surface area (Å²) < 4.78 is 0. The van der Waals surface area contributed by atoms with Gasteiger partial charge in [-0.3, -0.25) is 10.1 Å². The topological polar surface area (TPSA) is 58.4 Å². The first-order valence-corrected chi connectivity index (χ1v) is 6.88. The van der Waals surface area contributed by atoms with E-state index in [2.05, 4.69) is 10.2 Å². The van der Waals surface area contributed by atoms with E-state index in [0.29, 0.717) is 6.04 Å². The lowest BCUT2D eigenvalue weighted by Gasteiger charge is -2.24. The molecule has 0 aromatic heterocycles. The number of non-ortho nitro benzene ring substituents is 1. The maximum absolute atomic E-state index is 10.8. The Morgan fingerprint density at radius 2 is 2.26 bits per heavy atom. The van der Waals surface area contributed by atoms with Crippen molar-refractivity contribution in [1.29, 1.82) is 0 Å². The van der Waals surface area contributed by atoms with E-state index in [1.54, 1.807) is 12.1 Å². The lowest BCUT2D eigenvalue weighted by Crippen LogP contribution is -2.40. The van der Waals surface area contributed by atoms with Crippen molar-refractivity contribution in [1.82, 2.24) is 5.32 Å². The molecule has 0 aliphatic carbocycles. The van der Waals surface area contributed by atoms with Gasteiger partial charge in [0.25, 0.3) is 5.69 Å². The van der Waals surface area contributed by atoms with E-state index in [1.807, 2.05) is 13.0 Å². The van der Waals surface area contributed by atoms with Crippen LogP contribution in [0.1, 0.15) is 18.4 Å².